The zero-order valence-electron chi connectivity index (χ0n) is 13.5. The number of piperidine rings is 1. The van der Waals surface area contributed by atoms with Gasteiger partial charge in [0.05, 0.1) is 22.7 Å². The van der Waals surface area contributed by atoms with Crippen LogP contribution < -0.4 is 0 Å². The molecule has 0 spiro atoms. The summed E-state index contributed by atoms with van der Waals surface area (Å²) in [5, 5.41) is 14.8. The largest absolute Gasteiger partial charge is 0.391 e. The molecule has 2 aromatic rings. The summed E-state index contributed by atoms with van der Waals surface area (Å²) in [6.07, 6.45) is 2.58. The van der Waals surface area contributed by atoms with Gasteiger partial charge in [0.25, 0.3) is 11.6 Å². The minimum absolute atomic E-state index is 0.0587. The van der Waals surface area contributed by atoms with Gasteiger partial charge in [-0.3, -0.25) is 4.79 Å². The molecule has 2 atom stereocenters. The minimum atomic E-state index is -0.462. The molecule has 6 heteroatoms. The lowest BCUT2D eigenvalue weighted by atomic mass is 9.95. The number of likely N-dealkylation sites (tertiary alicyclic amines) is 1. The van der Waals surface area contributed by atoms with E-state index in [9.17, 15) is 9.90 Å². The van der Waals surface area contributed by atoms with Crippen LogP contribution >= 0.6 is 0 Å². The predicted molar refractivity (Wildman–Crippen MR) is 84.2 cm³/mol. The summed E-state index contributed by atoms with van der Waals surface area (Å²) in [5.74, 6) is 0.607. The molecule has 3 heterocycles. The van der Waals surface area contributed by atoms with Crippen LogP contribution in [-0.4, -0.2) is 45.2 Å². The smallest absolute Gasteiger partial charge is 0.259 e. The molecule has 0 aromatic carbocycles. The number of fused-ring (bicyclic) bond motifs is 1. The Morgan fingerprint density at radius 1 is 1.39 bits per heavy atom. The number of carbonyl (C=O) groups excluding carboxylic acids is 1. The number of rotatable bonds is 2. The number of nitrogens with zero attached hydrogens (tertiary/aromatic N) is 3. The highest BCUT2D eigenvalue weighted by Gasteiger charge is 2.32. The first-order valence-corrected chi connectivity index (χ1v) is 8.29. The number of aryl methyl sites for hydroxylation is 1. The zero-order valence-corrected chi connectivity index (χ0v) is 13.5. The van der Waals surface area contributed by atoms with E-state index in [1.807, 2.05) is 19.9 Å². The van der Waals surface area contributed by atoms with E-state index in [0.717, 1.165) is 25.0 Å². The van der Waals surface area contributed by atoms with Crippen molar-refractivity contribution in [3.63, 3.8) is 0 Å². The number of amides is 1. The first-order chi connectivity index (χ1) is 11.0. The Balaban J connectivity index is 1.74. The van der Waals surface area contributed by atoms with Crippen LogP contribution in [0.15, 0.2) is 10.6 Å². The molecular weight excluding hydrogens is 294 g/mol. The second-order valence-corrected chi connectivity index (χ2v) is 6.90. The summed E-state index contributed by atoms with van der Waals surface area (Å²) >= 11 is 0. The van der Waals surface area contributed by atoms with Gasteiger partial charge in [-0.25, -0.2) is 4.98 Å². The zero-order chi connectivity index (χ0) is 16.1. The molecule has 2 unspecified atom stereocenters. The third-order valence-electron chi connectivity index (χ3n) is 5.07. The van der Waals surface area contributed by atoms with Crippen LogP contribution in [0.5, 0.6) is 0 Å². The van der Waals surface area contributed by atoms with Crippen LogP contribution in [0, 0.1) is 12.8 Å². The molecule has 23 heavy (non-hydrogen) atoms. The number of aromatic nitrogens is 2. The van der Waals surface area contributed by atoms with Gasteiger partial charge in [0.15, 0.2) is 0 Å². The Morgan fingerprint density at radius 2 is 2.17 bits per heavy atom. The van der Waals surface area contributed by atoms with Crippen LogP contribution in [0.1, 0.15) is 53.8 Å². The number of carbonyl (C=O) groups is 1. The van der Waals surface area contributed by atoms with Crippen molar-refractivity contribution in [2.45, 2.75) is 45.1 Å². The van der Waals surface area contributed by atoms with Gasteiger partial charge in [0.2, 0.25) is 0 Å². The monoisotopic (exact) mass is 315 g/mol. The summed E-state index contributed by atoms with van der Waals surface area (Å²) in [6, 6.07) is 1.90. The molecule has 4 rings (SSSR count). The van der Waals surface area contributed by atoms with E-state index in [1.165, 1.54) is 0 Å². The third-order valence-corrected chi connectivity index (χ3v) is 5.07. The number of aliphatic hydroxyl groups excluding tert-OH is 1. The first kappa shape index (κ1) is 14.6. The van der Waals surface area contributed by atoms with Gasteiger partial charge >= 0.3 is 0 Å². The normalized spacial score (nSPS) is 25.1. The van der Waals surface area contributed by atoms with Crippen molar-refractivity contribution in [2.24, 2.45) is 5.92 Å². The van der Waals surface area contributed by atoms with Crippen LogP contribution in [0.25, 0.3) is 11.1 Å². The molecule has 0 radical (unpaired) electrons. The summed E-state index contributed by atoms with van der Waals surface area (Å²) in [5.41, 5.74) is 2.66. The summed E-state index contributed by atoms with van der Waals surface area (Å²) < 4.78 is 5.30. The summed E-state index contributed by atoms with van der Waals surface area (Å²) in [4.78, 5) is 19.3. The number of pyridine rings is 1. The van der Waals surface area contributed by atoms with Crippen molar-refractivity contribution < 1.29 is 14.4 Å². The second kappa shape index (κ2) is 5.30. The van der Waals surface area contributed by atoms with Gasteiger partial charge < -0.3 is 14.5 Å². The van der Waals surface area contributed by atoms with Crippen molar-refractivity contribution >= 4 is 17.0 Å². The average molecular weight is 315 g/mol. The highest BCUT2D eigenvalue weighted by atomic mass is 16.5. The van der Waals surface area contributed by atoms with E-state index in [4.69, 9.17) is 4.52 Å². The lowest BCUT2D eigenvalue weighted by Gasteiger charge is -2.34. The molecule has 1 aliphatic heterocycles. The van der Waals surface area contributed by atoms with Crippen LogP contribution in [0.4, 0.5) is 0 Å². The van der Waals surface area contributed by atoms with Crippen LogP contribution in [-0.2, 0) is 0 Å². The molecule has 2 aromatic heterocycles. The molecule has 1 N–H and O–H groups in total. The second-order valence-electron chi connectivity index (χ2n) is 6.90. The fourth-order valence-corrected chi connectivity index (χ4v) is 3.27. The molecule has 1 saturated carbocycles. The number of hydrogen-bond acceptors (Lipinski definition) is 5. The molecule has 2 fully saturated rings. The lowest BCUT2D eigenvalue weighted by molar-refractivity contribution is 0.0249. The number of β-amino-alcohol motifs (C(OH)–C–C–N with tert-alkyl or cyclic N) is 1. The van der Waals surface area contributed by atoms with Gasteiger partial charge in [-0.05, 0) is 38.2 Å². The van der Waals surface area contributed by atoms with Crippen molar-refractivity contribution in [2.75, 3.05) is 13.1 Å². The fourth-order valence-electron chi connectivity index (χ4n) is 3.27. The molecule has 6 nitrogen and oxygen atoms in total. The standard InChI is InChI=1S/C17H21N3O3/c1-9-5-6-20(8-14(9)21)17(22)12-7-13(11-3-4-11)18-16-15(12)10(2)19-23-16/h7,9,11,14,21H,3-6,8H2,1-2H3. The average Bonchev–Trinajstić information content (AvgIpc) is 3.33. The van der Waals surface area contributed by atoms with Gasteiger partial charge in [-0.2, -0.15) is 0 Å². The Hall–Kier alpha value is -1.95. The minimum Gasteiger partial charge on any atom is -0.391 e. The maximum Gasteiger partial charge on any atom is 0.259 e. The van der Waals surface area contributed by atoms with Crippen molar-refractivity contribution in [3.8, 4) is 0 Å². The van der Waals surface area contributed by atoms with Gasteiger partial charge in [0, 0.05) is 24.7 Å². The van der Waals surface area contributed by atoms with E-state index in [-0.39, 0.29) is 11.8 Å². The van der Waals surface area contributed by atoms with Gasteiger partial charge in [0.1, 0.15) is 0 Å². The Bertz CT molecular complexity index is 766. The fraction of sp³-hybridized carbons (Fsp3) is 0.588. The molecule has 1 amide bonds. The van der Waals surface area contributed by atoms with Crippen LogP contribution in [0.2, 0.25) is 0 Å². The molecule has 1 aliphatic carbocycles. The highest BCUT2D eigenvalue weighted by Crippen LogP contribution is 2.40. The lowest BCUT2D eigenvalue weighted by Crippen LogP contribution is -2.45. The van der Waals surface area contributed by atoms with Crippen molar-refractivity contribution in [1.82, 2.24) is 15.0 Å². The Kier molecular flexibility index (Phi) is 3.37. The van der Waals surface area contributed by atoms with Crippen molar-refractivity contribution in [1.29, 1.82) is 0 Å². The van der Waals surface area contributed by atoms with Crippen molar-refractivity contribution in [3.05, 3.63) is 23.0 Å². The SMILES string of the molecule is Cc1noc2nc(C3CC3)cc(C(=O)N3CCC(C)C(O)C3)c12. The first-order valence-electron chi connectivity index (χ1n) is 8.29. The molecule has 0 bridgehead atoms. The van der Waals surface area contributed by atoms with Gasteiger partial charge in [-0.15, -0.1) is 0 Å². The summed E-state index contributed by atoms with van der Waals surface area (Å²) in [6.45, 7) is 4.90. The predicted octanol–water partition coefficient (Wildman–Crippen LogP) is 2.25. The molecule has 1 saturated heterocycles. The van der Waals surface area contributed by atoms with Gasteiger partial charge in [-0.1, -0.05) is 12.1 Å². The topological polar surface area (TPSA) is 79.5 Å². The number of aliphatic hydroxyl groups is 1. The van der Waals surface area contributed by atoms with E-state index in [1.54, 1.807) is 4.90 Å². The summed E-state index contributed by atoms with van der Waals surface area (Å²) in [7, 11) is 0. The Morgan fingerprint density at radius 3 is 2.87 bits per heavy atom. The maximum atomic E-state index is 13.0. The highest BCUT2D eigenvalue weighted by molar-refractivity contribution is 6.06. The quantitative estimate of drug-likeness (QED) is 0.919. The number of hydrogen-bond donors (Lipinski definition) is 1. The van der Waals surface area contributed by atoms with Crippen LogP contribution in [0.3, 0.4) is 0 Å². The molecule has 122 valence electrons. The Labute approximate surface area is 134 Å². The molecular formula is C17H21N3O3. The third kappa shape index (κ3) is 2.51. The van der Waals surface area contributed by atoms with E-state index in [0.29, 0.717) is 41.4 Å². The van der Waals surface area contributed by atoms with E-state index >= 15 is 0 Å². The maximum absolute atomic E-state index is 13.0. The molecule has 2 aliphatic rings. The van der Waals surface area contributed by atoms with E-state index in [2.05, 4.69) is 10.1 Å². The van der Waals surface area contributed by atoms with E-state index < -0.39 is 6.10 Å².